The third-order valence-corrected chi connectivity index (χ3v) is 7.29. The Bertz CT molecular complexity index is 1180. The van der Waals surface area contributed by atoms with Gasteiger partial charge in [-0.05, 0) is 48.2 Å². The molecule has 156 valence electrons. The molecule has 1 heterocycles. The van der Waals surface area contributed by atoms with E-state index in [2.05, 4.69) is 5.32 Å². The third-order valence-electron chi connectivity index (χ3n) is 4.15. The lowest BCUT2D eigenvalue weighted by Gasteiger charge is -2.23. The highest BCUT2D eigenvalue weighted by Gasteiger charge is 2.28. The number of anilines is 2. The lowest BCUT2D eigenvalue weighted by molar-refractivity contribution is -0.384. The molecule has 11 heteroatoms. The van der Waals surface area contributed by atoms with Gasteiger partial charge in [0.1, 0.15) is 16.6 Å². The number of thiophene rings is 1. The monoisotopic (exact) mass is 449 g/mol. The summed E-state index contributed by atoms with van der Waals surface area (Å²) >= 11 is 0.984. The van der Waals surface area contributed by atoms with Gasteiger partial charge in [0.25, 0.3) is 15.7 Å². The zero-order valence-electron chi connectivity index (χ0n) is 15.6. The molecule has 0 aliphatic heterocycles. The van der Waals surface area contributed by atoms with Gasteiger partial charge in [0.15, 0.2) is 0 Å². The van der Waals surface area contributed by atoms with Gasteiger partial charge in [-0.3, -0.25) is 19.2 Å². The minimum Gasteiger partial charge on any atom is -0.324 e. The Kier molecular flexibility index (Phi) is 6.13. The molecule has 0 aliphatic carbocycles. The van der Waals surface area contributed by atoms with Crippen molar-refractivity contribution in [3.8, 4) is 0 Å². The number of non-ortho nitro benzene ring substituents is 1. The summed E-state index contributed by atoms with van der Waals surface area (Å²) in [6.07, 6.45) is 0. The van der Waals surface area contributed by atoms with Crippen molar-refractivity contribution in [3.05, 3.63) is 81.5 Å². The van der Waals surface area contributed by atoms with Gasteiger partial charge in [-0.2, -0.15) is 0 Å². The summed E-state index contributed by atoms with van der Waals surface area (Å²) in [5.74, 6) is -1.26. The molecule has 1 N–H and O–H groups in total. The summed E-state index contributed by atoms with van der Waals surface area (Å²) in [4.78, 5) is 23.0. The number of nitro benzene ring substituents is 1. The van der Waals surface area contributed by atoms with Crippen LogP contribution in [0.4, 0.5) is 21.5 Å². The third kappa shape index (κ3) is 4.63. The average Bonchev–Trinajstić information content (AvgIpc) is 3.24. The number of hydrogen-bond acceptors (Lipinski definition) is 6. The van der Waals surface area contributed by atoms with Crippen LogP contribution in [0.15, 0.2) is 64.2 Å². The second-order valence-corrected chi connectivity index (χ2v) is 9.26. The molecule has 0 saturated heterocycles. The van der Waals surface area contributed by atoms with Gasteiger partial charge in [0.05, 0.1) is 16.3 Å². The van der Waals surface area contributed by atoms with Crippen LogP contribution in [0.1, 0.15) is 5.56 Å². The highest BCUT2D eigenvalue weighted by Crippen LogP contribution is 2.27. The number of benzene rings is 2. The predicted octanol–water partition coefficient (Wildman–Crippen LogP) is 3.94. The first-order valence-corrected chi connectivity index (χ1v) is 10.9. The molecule has 3 rings (SSSR count). The van der Waals surface area contributed by atoms with Crippen LogP contribution in [-0.2, 0) is 14.8 Å². The minimum absolute atomic E-state index is 0.0196. The predicted molar refractivity (Wildman–Crippen MR) is 112 cm³/mol. The number of aryl methyl sites for hydroxylation is 1. The van der Waals surface area contributed by atoms with Crippen LogP contribution in [0.5, 0.6) is 0 Å². The fourth-order valence-corrected chi connectivity index (χ4v) is 5.15. The van der Waals surface area contributed by atoms with Crippen LogP contribution in [0, 0.1) is 22.9 Å². The molecule has 0 saturated carbocycles. The fourth-order valence-electron chi connectivity index (χ4n) is 2.62. The number of halogens is 1. The second kappa shape index (κ2) is 8.59. The summed E-state index contributed by atoms with van der Waals surface area (Å²) in [5.41, 5.74) is 0.665. The molecular weight excluding hydrogens is 433 g/mol. The van der Waals surface area contributed by atoms with Gasteiger partial charge in [-0.1, -0.05) is 12.1 Å². The van der Waals surface area contributed by atoms with Crippen molar-refractivity contribution in [2.24, 2.45) is 0 Å². The largest absolute Gasteiger partial charge is 0.324 e. The number of carbonyl (C=O) groups is 1. The van der Waals surface area contributed by atoms with Crippen LogP contribution in [0.2, 0.25) is 0 Å². The van der Waals surface area contributed by atoms with Gasteiger partial charge in [0, 0.05) is 12.1 Å². The molecule has 0 radical (unpaired) electrons. The van der Waals surface area contributed by atoms with E-state index in [1.165, 1.54) is 36.4 Å². The Balaban J connectivity index is 1.92. The highest BCUT2D eigenvalue weighted by atomic mass is 32.2. The number of carbonyl (C=O) groups excluding carboxylic acids is 1. The van der Waals surface area contributed by atoms with E-state index in [4.69, 9.17) is 0 Å². The molecule has 0 unspecified atom stereocenters. The summed E-state index contributed by atoms with van der Waals surface area (Å²) in [6, 6.07) is 11.6. The van der Waals surface area contributed by atoms with Gasteiger partial charge in [0.2, 0.25) is 5.91 Å². The number of nitrogens with zero attached hydrogens (tertiary/aromatic N) is 2. The topological polar surface area (TPSA) is 110 Å². The van der Waals surface area contributed by atoms with Gasteiger partial charge >= 0.3 is 0 Å². The maximum Gasteiger partial charge on any atom is 0.274 e. The van der Waals surface area contributed by atoms with Gasteiger partial charge in [-0.25, -0.2) is 12.8 Å². The fraction of sp³-hybridized carbons (Fsp3) is 0.105. The van der Waals surface area contributed by atoms with Gasteiger partial charge in [-0.15, -0.1) is 11.3 Å². The molecule has 30 heavy (non-hydrogen) atoms. The SMILES string of the molecule is Cc1ccc([N+](=O)[O-])cc1NC(=O)CN(c1ccc(F)cc1)S(=O)(=O)c1cccs1. The van der Waals surface area contributed by atoms with E-state index in [1.807, 2.05) is 0 Å². The molecule has 1 aromatic heterocycles. The molecule has 0 aliphatic rings. The Hall–Kier alpha value is -3.31. The normalized spacial score (nSPS) is 11.1. The molecule has 0 atom stereocenters. The van der Waals surface area contributed by atoms with E-state index in [0.29, 0.717) is 5.56 Å². The van der Waals surface area contributed by atoms with Crippen molar-refractivity contribution in [2.45, 2.75) is 11.1 Å². The Morgan fingerprint density at radius 1 is 1.20 bits per heavy atom. The molecule has 0 spiro atoms. The summed E-state index contributed by atoms with van der Waals surface area (Å²) in [6.45, 7) is 1.05. The molecule has 2 aromatic carbocycles. The summed E-state index contributed by atoms with van der Waals surface area (Å²) in [7, 11) is -4.08. The van der Waals surface area contributed by atoms with E-state index >= 15 is 0 Å². The number of amides is 1. The zero-order chi connectivity index (χ0) is 21.9. The number of rotatable bonds is 7. The Labute approximate surface area is 175 Å². The number of nitro groups is 1. The highest BCUT2D eigenvalue weighted by molar-refractivity contribution is 7.94. The number of nitrogens with one attached hydrogen (secondary N) is 1. The summed E-state index contributed by atoms with van der Waals surface area (Å²) in [5, 5.41) is 15.1. The first-order valence-electron chi connectivity index (χ1n) is 8.55. The maximum absolute atomic E-state index is 13.3. The van der Waals surface area contributed by atoms with Crippen LogP contribution in [-0.4, -0.2) is 25.8 Å². The molecule has 8 nitrogen and oxygen atoms in total. The number of sulfonamides is 1. The van der Waals surface area contributed by atoms with Crippen LogP contribution >= 0.6 is 11.3 Å². The van der Waals surface area contributed by atoms with Crippen LogP contribution in [0.3, 0.4) is 0 Å². The Morgan fingerprint density at radius 2 is 1.90 bits per heavy atom. The summed E-state index contributed by atoms with van der Waals surface area (Å²) < 4.78 is 40.3. The van der Waals surface area contributed by atoms with E-state index in [0.717, 1.165) is 27.8 Å². The molecule has 3 aromatic rings. The number of hydrogen-bond donors (Lipinski definition) is 1. The molecule has 0 fully saturated rings. The first kappa shape index (κ1) is 21.4. The van der Waals surface area contributed by atoms with Crippen LogP contribution in [0.25, 0.3) is 0 Å². The van der Waals surface area contributed by atoms with Crippen molar-refractivity contribution < 1.29 is 22.5 Å². The lowest BCUT2D eigenvalue weighted by atomic mass is 10.2. The quantitative estimate of drug-likeness (QED) is 0.434. The second-order valence-electron chi connectivity index (χ2n) is 6.22. The zero-order valence-corrected chi connectivity index (χ0v) is 17.2. The van der Waals surface area contributed by atoms with Crippen molar-refractivity contribution in [2.75, 3.05) is 16.2 Å². The van der Waals surface area contributed by atoms with Crippen molar-refractivity contribution in [1.29, 1.82) is 0 Å². The van der Waals surface area contributed by atoms with E-state index in [1.54, 1.807) is 18.4 Å². The molecular formula is C19H16FN3O5S2. The van der Waals surface area contributed by atoms with E-state index in [9.17, 15) is 27.7 Å². The van der Waals surface area contributed by atoms with Crippen molar-refractivity contribution in [3.63, 3.8) is 0 Å². The smallest absolute Gasteiger partial charge is 0.274 e. The van der Waals surface area contributed by atoms with E-state index in [-0.39, 0.29) is 21.3 Å². The van der Waals surface area contributed by atoms with Crippen molar-refractivity contribution in [1.82, 2.24) is 0 Å². The average molecular weight is 449 g/mol. The first-order chi connectivity index (χ1) is 14.2. The van der Waals surface area contributed by atoms with E-state index < -0.39 is 33.2 Å². The Morgan fingerprint density at radius 3 is 2.50 bits per heavy atom. The molecule has 1 amide bonds. The van der Waals surface area contributed by atoms with Gasteiger partial charge < -0.3 is 5.32 Å². The van der Waals surface area contributed by atoms with Crippen molar-refractivity contribution >= 4 is 44.3 Å². The van der Waals surface area contributed by atoms with Crippen LogP contribution < -0.4 is 9.62 Å². The lowest BCUT2D eigenvalue weighted by Crippen LogP contribution is -2.38. The minimum atomic E-state index is -4.08. The molecule has 0 bridgehead atoms. The standard InChI is InChI=1S/C19H16FN3O5S2/c1-13-4-7-16(23(25)26)11-17(13)21-18(24)12-22(15-8-5-14(20)6-9-15)30(27,28)19-3-2-10-29-19/h2-11H,12H2,1H3,(H,21,24). The maximum atomic E-state index is 13.3.